The van der Waals surface area contributed by atoms with Gasteiger partial charge in [-0.2, -0.15) is 0 Å². The first-order chi connectivity index (χ1) is 14.0. The topological polar surface area (TPSA) is 119 Å². The van der Waals surface area contributed by atoms with Crippen LogP contribution in [0.5, 0.6) is 0 Å². The van der Waals surface area contributed by atoms with Crippen LogP contribution < -0.4 is 16.2 Å². The molecule has 1 aromatic heterocycles. The molecule has 0 aliphatic rings. The Balaban J connectivity index is 2.13. The Kier molecular flexibility index (Phi) is 8.66. The molecule has 10 heteroatoms. The molecule has 0 saturated carbocycles. The van der Waals surface area contributed by atoms with E-state index in [9.17, 15) is 19.2 Å². The number of nitrogens with zero attached hydrogens (tertiary/aromatic N) is 2. The monoisotopic (exact) mass is 420 g/mol. The number of fused-ring (bicyclic) bond motifs is 1. The largest absolute Gasteiger partial charge is 0.469 e. The summed E-state index contributed by atoms with van der Waals surface area (Å²) in [4.78, 5) is 51.7. The number of para-hydroxylation sites is 1. The number of rotatable bonds is 9. The summed E-state index contributed by atoms with van der Waals surface area (Å²) < 4.78 is 6.16. The van der Waals surface area contributed by atoms with E-state index in [0.717, 1.165) is 18.2 Å². The van der Waals surface area contributed by atoms with Gasteiger partial charge in [0.2, 0.25) is 5.91 Å². The fourth-order valence-electron chi connectivity index (χ4n) is 2.63. The molecule has 0 fully saturated rings. The highest BCUT2D eigenvalue weighted by Crippen LogP contribution is 2.18. The number of thioether (sulfide) groups is 1. The number of hydrogen-bond acceptors (Lipinski definition) is 7. The van der Waals surface area contributed by atoms with Crippen LogP contribution in [0.1, 0.15) is 25.7 Å². The molecule has 156 valence electrons. The van der Waals surface area contributed by atoms with Crippen molar-refractivity contribution in [1.82, 2.24) is 20.2 Å². The Hall–Kier alpha value is -2.88. The van der Waals surface area contributed by atoms with E-state index in [0.29, 0.717) is 41.9 Å². The molecule has 0 saturated heterocycles. The smallest absolute Gasteiger partial charge is 0.321 e. The molecule has 2 N–H and O–H groups in total. The van der Waals surface area contributed by atoms with E-state index in [1.165, 1.54) is 18.7 Å². The molecule has 0 spiro atoms. The average Bonchev–Trinajstić information content (AvgIpc) is 2.73. The number of ether oxygens (including phenoxy) is 1. The van der Waals surface area contributed by atoms with Gasteiger partial charge in [-0.1, -0.05) is 30.3 Å². The quantitative estimate of drug-likeness (QED) is 0.274. The molecular formula is C19H24N4O5S. The SMILES string of the molecule is CNC(=O)NC(=O)CSc1nc2ccccc2c(=O)n1CCCCCC(=O)OC. The summed E-state index contributed by atoms with van der Waals surface area (Å²) in [5.74, 6) is -0.796. The van der Waals surface area contributed by atoms with Gasteiger partial charge in [0.05, 0.1) is 23.8 Å². The number of esters is 1. The molecule has 0 unspecified atom stereocenters. The minimum atomic E-state index is -0.593. The Morgan fingerprint density at radius 3 is 2.66 bits per heavy atom. The maximum Gasteiger partial charge on any atom is 0.321 e. The molecule has 2 rings (SSSR count). The standard InChI is InChI=1S/C19H24N4O5S/c1-20-18(27)22-15(24)12-29-19-21-14-9-6-5-8-13(14)17(26)23(19)11-7-3-4-10-16(25)28-2/h5-6,8-9H,3-4,7,10-12H2,1-2H3,(H2,20,22,24,27). The second-order valence-electron chi connectivity index (χ2n) is 6.17. The van der Waals surface area contributed by atoms with Crippen molar-refractivity contribution < 1.29 is 19.1 Å². The Morgan fingerprint density at radius 1 is 1.17 bits per heavy atom. The number of carbonyl (C=O) groups is 3. The van der Waals surface area contributed by atoms with Gasteiger partial charge in [-0.05, 0) is 25.0 Å². The second-order valence-corrected chi connectivity index (χ2v) is 7.11. The Bertz CT molecular complexity index is 944. The minimum Gasteiger partial charge on any atom is -0.469 e. The average molecular weight is 420 g/mol. The molecule has 2 aromatic rings. The van der Waals surface area contributed by atoms with Gasteiger partial charge in [-0.15, -0.1) is 0 Å². The van der Waals surface area contributed by atoms with Gasteiger partial charge in [0.25, 0.3) is 5.56 Å². The van der Waals surface area contributed by atoms with E-state index in [1.54, 1.807) is 24.3 Å². The van der Waals surface area contributed by atoms with Crippen LogP contribution in [0.2, 0.25) is 0 Å². The first-order valence-corrected chi connectivity index (χ1v) is 10.2. The van der Waals surface area contributed by atoms with Gasteiger partial charge >= 0.3 is 12.0 Å². The third-order valence-corrected chi connectivity index (χ3v) is 5.11. The summed E-state index contributed by atoms with van der Waals surface area (Å²) in [5, 5.41) is 5.40. The van der Waals surface area contributed by atoms with Crippen LogP contribution in [0, 0.1) is 0 Å². The molecule has 1 heterocycles. The zero-order chi connectivity index (χ0) is 21.2. The lowest BCUT2D eigenvalue weighted by atomic mass is 10.2. The second kappa shape index (κ2) is 11.2. The zero-order valence-electron chi connectivity index (χ0n) is 16.4. The summed E-state index contributed by atoms with van der Waals surface area (Å²) in [6.45, 7) is 0.414. The van der Waals surface area contributed by atoms with Crippen molar-refractivity contribution in [2.24, 2.45) is 0 Å². The number of amides is 3. The number of carbonyl (C=O) groups excluding carboxylic acids is 3. The highest BCUT2D eigenvalue weighted by molar-refractivity contribution is 7.99. The predicted molar refractivity (Wildman–Crippen MR) is 110 cm³/mol. The minimum absolute atomic E-state index is 0.0550. The van der Waals surface area contributed by atoms with Crippen LogP contribution in [-0.2, 0) is 20.9 Å². The van der Waals surface area contributed by atoms with Crippen molar-refractivity contribution in [1.29, 1.82) is 0 Å². The van der Waals surface area contributed by atoms with Gasteiger partial charge < -0.3 is 10.1 Å². The third-order valence-electron chi connectivity index (χ3n) is 4.13. The van der Waals surface area contributed by atoms with Crippen molar-refractivity contribution in [2.75, 3.05) is 19.9 Å². The summed E-state index contributed by atoms with van der Waals surface area (Å²) in [5.41, 5.74) is 0.367. The summed E-state index contributed by atoms with van der Waals surface area (Å²) in [6, 6.07) is 6.43. The van der Waals surface area contributed by atoms with E-state index in [2.05, 4.69) is 20.4 Å². The lowest BCUT2D eigenvalue weighted by molar-refractivity contribution is -0.140. The number of aromatic nitrogens is 2. The molecule has 0 bridgehead atoms. The lowest BCUT2D eigenvalue weighted by Gasteiger charge is -2.13. The van der Waals surface area contributed by atoms with E-state index in [1.807, 2.05) is 0 Å². The van der Waals surface area contributed by atoms with Crippen LogP contribution in [0.25, 0.3) is 10.9 Å². The van der Waals surface area contributed by atoms with Crippen molar-refractivity contribution in [2.45, 2.75) is 37.4 Å². The highest BCUT2D eigenvalue weighted by atomic mass is 32.2. The first-order valence-electron chi connectivity index (χ1n) is 9.17. The van der Waals surface area contributed by atoms with E-state index >= 15 is 0 Å². The Labute approximate surface area is 172 Å². The summed E-state index contributed by atoms with van der Waals surface area (Å²) >= 11 is 1.09. The molecule has 0 atom stereocenters. The van der Waals surface area contributed by atoms with E-state index in [4.69, 9.17) is 0 Å². The molecule has 9 nitrogen and oxygen atoms in total. The molecular weight excluding hydrogens is 396 g/mol. The number of hydrogen-bond donors (Lipinski definition) is 2. The predicted octanol–water partition coefficient (Wildman–Crippen LogP) is 1.68. The van der Waals surface area contributed by atoms with Gasteiger partial charge in [-0.3, -0.25) is 24.3 Å². The molecule has 0 aliphatic heterocycles. The van der Waals surface area contributed by atoms with Crippen LogP contribution in [0.15, 0.2) is 34.2 Å². The normalized spacial score (nSPS) is 10.6. The maximum atomic E-state index is 12.9. The van der Waals surface area contributed by atoms with Gasteiger partial charge in [0, 0.05) is 20.0 Å². The highest BCUT2D eigenvalue weighted by Gasteiger charge is 2.14. The molecule has 3 amide bonds. The van der Waals surface area contributed by atoms with E-state index < -0.39 is 11.9 Å². The van der Waals surface area contributed by atoms with Crippen LogP contribution in [-0.4, -0.2) is 47.4 Å². The van der Waals surface area contributed by atoms with Crippen molar-refractivity contribution in [3.63, 3.8) is 0 Å². The molecule has 0 aliphatic carbocycles. The Morgan fingerprint density at radius 2 is 1.93 bits per heavy atom. The zero-order valence-corrected chi connectivity index (χ0v) is 17.2. The van der Waals surface area contributed by atoms with Gasteiger partial charge in [0.15, 0.2) is 5.16 Å². The number of methoxy groups -OCH3 is 1. The fourth-order valence-corrected chi connectivity index (χ4v) is 3.45. The summed E-state index contributed by atoms with van der Waals surface area (Å²) in [6.07, 6.45) is 2.42. The fraction of sp³-hybridized carbons (Fsp3) is 0.421. The van der Waals surface area contributed by atoms with E-state index in [-0.39, 0.29) is 17.3 Å². The van der Waals surface area contributed by atoms with Crippen molar-refractivity contribution in [3.05, 3.63) is 34.6 Å². The molecule has 1 aromatic carbocycles. The van der Waals surface area contributed by atoms with Gasteiger partial charge in [-0.25, -0.2) is 9.78 Å². The third kappa shape index (κ3) is 6.60. The number of benzene rings is 1. The molecule has 0 radical (unpaired) electrons. The number of urea groups is 1. The van der Waals surface area contributed by atoms with Crippen molar-refractivity contribution >= 4 is 40.6 Å². The summed E-state index contributed by atoms with van der Waals surface area (Å²) in [7, 11) is 2.77. The lowest BCUT2D eigenvalue weighted by Crippen LogP contribution is -2.38. The van der Waals surface area contributed by atoms with Gasteiger partial charge in [0.1, 0.15) is 0 Å². The molecule has 29 heavy (non-hydrogen) atoms. The van der Waals surface area contributed by atoms with Crippen LogP contribution in [0.4, 0.5) is 4.79 Å². The maximum absolute atomic E-state index is 12.9. The van der Waals surface area contributed by atoms with Crippen molar-refractivity contribution in [3.8, 4) is 0 Å². The van der Waals surface area contributed by atoms with Crippen LogP contribution >= 0.6 is 11.8 Å². The number of unbranched alkanes of at least 4 members (excludes halogenated alkanes) is 2. The van der Waals surface area contributed by atoms with Crippen LogP contribution in [0.3, 0.4) is 0 Å². The number of imide groups is 1. The number of nitrogens with one attached hydrogen (secondary N) is 2. The first kappa shape index (κ1) is 22.4.